The third-order valence-electron chi connectivity index (χ3n) is 6.03. The number of hydrogen-bond donors (Lipinski definition) is 1. The van der Waals surface area contributed by atoms with Gasteiger partial charge in [-0.15, -0.1) is 0 Å². The maximum absolute atomic E-state index is 13.4. The van der Waals surface area contributed by atoms with Crippen molar-refractivity contribution in [3.63, 3.8) is 0 Å². The molecule has 1 aliphatic carbocycles. The monoisotopic (exact) mass is 370 g/mol. The van der Waals surface area contributed by atoms with Gasteiger partial charge < -0.3 is 9.84 Å². The van der Waals surface area contributed by atoms with Crippen molar-refractivity contribution in [2.75, 3.05) is 5.32 Å². The lowest BCUT2D eigenvalue weighted by molar-refractivity contribution is -0.116. The molecule has 140 valence electrons. The van der Waals surface area contributed by atoms with Gasteiger partial charge in [0.25, 0.3) is 0 Å². The van der Waals surface area contributed by atoms with Crippen molar-refractivity contribution in [1.29, 1.82) is 0 Å². The molecule has 28 heavy (non-hydrogen) atoms. The summed E-state index contributed by atoms with van der Waals surface area (Å²) in [5.74, 6) is 0.944. The molecular formula is C24H22N2O2. The van der Waals surface area contributed by atoms with Crippen LogP contribution in [0.5, 0.6) is 0 Å². The number of carbonyl (C=O) groups is 1. The van der Waals surface area contributed by atoms with Crippen LogP contribution in [-0.4, -0.2) is 10.9 Å². The van der Waals surface area contributed by atoms with Crippen LogP contribution in [0, 0.1) is 13.8 Å². The molecule has 0 saturated heterocycles. The fourth-order valence-corrected chi connectivity index (χ4v) is 4.66. The number of rotatable bonds is 2. The number of anilines is 1. The van der Waals surface area contributed by atoms with E-state index in [4.69, 9.17) is 4.52 Å². The number of fused-ring (bicyclic) bond motifs is 1. The quantitative estimate of drug-likeness (QED) is 0.669. The second kappa shape index (κ2) is 6.48. The Balaban J connectivity index is 1.66. The van der Waals surface area contributed by atoms with E-state index in [9.17, 15) is 4.79 Å². The smallest absolute Gasteiger partial charge is 0.233 e. The van der Waals surface area contributed by atoms with Gasteiger partial charge in [0.2, 0.25) is 5.88 Å². The molecule has 1 N–H and O–H groups in total. The van der Waals surface area contributed by atoms with Crippen LogP contribution in [0.25, 0.3) is 0 Å². The third kappa shape index (κ3) is 2.60. The summed E-state index contributed by atoms with van der Waals surface area (Å²) in [4.78, 5) is 13.4. The summed E-state index contributed by atoms with van der Waals surface area (Å²) in [6.07, 6.45) is 1.33. The number of benzene rings is 2. The lowest BCUT2D eigenvalue weighted by atomic mass is 9.72. The molecule has 2 unspecified atom stereocenters. The van der Waals surface area contributed by atoms with Crippen LogP contribution in [0.3, 0.4) is 0 Å². The molecule has 2 atom stereocenters. The zero-order valence-electron chi connectivity index (χ0n) is 16.0. The van der Waals surface area contributed by atoms with Gasteiger partial charge in [-0.25, -0.2) is 0 Å². The first-order valence-corrected chi connectivity index (χ1v) is 9.73. The molecule has 0 bridgehead atoms. The second-order valence-electron chi connectivity index (χ2n) is 7.76. The molecule has 5 rings (SSSR count). The van der Waals surface area contributed by atoms with Gasteiger partial charge in [0.1, 0.15) is 0 Å². The molecule has 0 radical (unpaired) electrons. The second-order valence-corrected chi connectivity index (χ2v) is 7.76. The van der Waals surface area contributed by atoms with Crippen LogP contribution >= 0.6 is 0 Å². The van der Waals surface area contributed by atoms with Crippen molar-refractivity contribution in [2.24, 2.45) is 0 Å². The molecule has 4 nitrogen and oxygen atoms in total. The van der Waals surface area contributed by atoms with E-state index in [1.165, 1.54) is 11.1 Å². The Bertz CT molecular complexity index is 1090. The molecular weight excluding hydrogens is 348 g/mol. The van der Waals surface area contributed by atoms with Crippen LogP contribution in [0.1, 0.15) is 52.6 Å². The molecule has 0 fully saturated rings. The first kappa shape index (κ1) is 17.0. The number of hydrogen-bond acceptors (Lipinski definition) is 4. The number of ketones is 1. The minimum Gasteiger partial charge on any atom is -0.338 e. The van der Waals surface area contributed by atoms with E-state index in [2.05, 4.69) is 41.7 Å². The summed E-state index contributed by atoms with van der Waals surface area (Å²) in [5.41, 5.74) is 7.19. The molecule has 2 aliphatic rings. The van der Waals surface area contributed by atoms with Crippen molar-refractivity contribution in [3.8, 4) is 0 Å². The Morgan fingerprint density at radius 3 is 2.54 bits per heavy atom. The normalized spacial score (nSPS) is 21.1. The maximum atomic E-state index is 13.4. The molecule has 2 aromatic carbocycles. The SMILES string of the molecule is Cc1ccccc1C1C2=C(CC(c3ccccc3)CC2=O)Nc2onc(C)c21. The van der Waals surface area contributed by atoms with Gasteiger partial charge in [0, 0.05) is 23.6 Å². The molecule has 3 aromatic rings. The molecule has 2 heterocycles. The van der Waals surface area contributed by atoms with Crippen LogP contribution in [0.15, 0.2) is 70.4 Å². The van der Waals surface area contributed by atoms with E-state index >= 15 is 0 Å². The van der Waals surface area contributed by atoms with Crippen LogP contribution in [0.2, 0.25) is 0 Å². The minimum absolute atomic E-state index is 0.122. The Morgan fingerprint density at radius 1 is 1.00 bits per heavy atom. The molecule has 4 heteroatoms. The highest BCUT2D eigenvalue weighted by Gasteiger charge is 2.41. The molecule has 1 aliphatic heterocycles. The highest BCUT2D eigenvalue weighted by molar-refractivity contribution is 6.01. The third-order valence-corrected chi connectivity index (χ3v) is 6.03. The van der Waals surface area contributed by atoms with Gasteiger partial charge in [-0.2, -0.15) is 0 Å². The lowest BCUT2D eigenvalue weighted by Crippen LogP contribution is -2.29. The molecule has 0 amide bonds. The standard InChI is InChI=1S/C24H22N2O2/c1-14-8-6-7-11-18(14)22-21-15(2)26-28-24(21)25-19-12-17(13-20(27)23(19)22)16-9-4-3-5-10-16/h3-11,17,22,25H,12-13H2,1-2H3. The van der Waals surface area contributed by atoms with Crippen molar-refractivity contribution < 1.29 is 9.32 Å². The lowest BCUT2D eigenvalue weighted by Gasteiger charge is -2.35. The maximum Gasteiger partial charge on any atom is 0.233 e. The van der Waals surface area contributed by atoms with Crippen molar-refractivity contribution in [1.82, 2.24) is 5.16 Å². The molecule has 0 spiro atoms. The van der Waals surface area contributed by atoms with Crippen LogP contribution in [-0.2, 0) is 4.79 Å². The summed E-state index contributed by atoms with van der Waals surface area (Å²) in [6, 6.07) is 18.6. The Labute approximate surface area is 164 Å². The van der Waals surface area contributed by atoms with E-state index in [-0.39, 0.29) is 17.6 Å². The van der Waals surface area contributed by atoms with Gasteiger partial charge in [-0.3, -0.25) is 4.79 Å². The highest BCUT2D eigenvalue weighted by Crippen LogP contribution is 2.49. The summed E-state index contributed by atoms with van der Waals surface area (Å²) in [5, 5.41) is 7.59. The van der Waals surface area contributed by atoms with Crippen LogP contribution < -0.4 is 5.32 Å². The highest BCUT2D eigenvalue weighted by atomic mass is 16.5. The minimum atomic E-state index is -0.122. The fraction of sp³-hybridized carbons (Fsp3) is 0.250. The van der Waals surface area contributed by atoms with E-state index in [0.717, 1.165) is 34.5 Å². The predicted molar refractivity (Wildman–Crippen MR) is 108 cm³/mol. The van der Waals surface area contributed by atoms with E-state index in [1.54, 1.807) is 0 Å². The summed E-state index contributed by atoms with van der Waals surface area (Å²) in [6.45, 7) is 4.04. The average molecular weight is 370 g/mol. The summed E-state index contributed by atoms with van der Waals surface area (Å²) in [7, 11) is 0. The molecule has 1 aromatic heterocycles. The average Bonchev–Trinajstić information content (AvgIpc) is 3.08. The number of nitrogens with one attached hydrogen (secondary N) is 1. The number of allylic oxidation sites excluding steroid dienone is 2. The largest absolute Gasteiger partial charge is 0.338 e. The van der Waals surface area contributed by atoms with E-state index in [0.29, 0.717) is 12.3 Å². The number of carbonyl (C=O) groups excluding carboxylic acids is 1. The predicted octanol–water partition coefficient (Wildman–Crippen LogP) is 5.25. The first-order valence-electron chi connectivity index (χ1n) is 9.73. The van der Waals surface area contributed by atoms with Gasteiger partial charge >= 0.3 is 0 Å². The number of nitrogens with zero attached hydrogens (tertiary/aromatic N) is 1. The fourth-order valence-electron chi connectivity index (χ4n) is 4.66. The van der Waals surface area contributed by atoms with Crippen molar-refractivity contribution in [3.05, 3.63) is 93.8 Å². The van der Waals surface area contributed by atoms with Crippen molar-refractivity contribution in [2.45, 2.75) is 38.5 Å². The van der Waals surface area contributed by atoms with Gasteiger partial charge in [0.05, 0.1) is 11.3 Å². The number of Topliss-reactive ketones (excluding diaryl/α,β-unsaturated/α-hetero) is 1. The van der Waals surface area contributed by atoms with Gasteiger partial charge in [0.15, 0.2) is 5.78 Å². The molecule has 0 saturated carbocycles. The van der Waals surface area contributed by atoms with Crippen molar-refractivity contribution >= 4 is 11.7 Å². The first-order chi connectivity index (χ1) is 13.6. The Kier molecular flexibility index (Phi) is 3.93. The summed E-state index contributed by atoms with van der Waals surface area (Å²) < 4.78 is 5.60. The summed E-state index contributed by atoms with van der Waals surface area (Å²) >= 11 is 0. The van der Waals surface area contributed by atoms with E-state index in [1.807, 2.05) is 37.3 Å². The topological polar surface area (TPSA) is 55.1 Å². The number of aryl methyl sites for hydroxylation is 2. The Morgan fingerprint density at radius 2 is 1.75 bits per heavy atom. The van der Waals surface area contributed by atoms with Gasteiger partial charge in [-0.05, 0) is 42.9 Å². The number of aromatic nitrogens is 1. The zero-order valence-corrected chi connectivity index (χ0v) is 16.0. The zero-order chi connectivity index (χ0) is 19.3. The van der Waals surface area contributed by atoms with Gasteiger partial charge in [-0.1, -0.05) is 59.8 Å². The van der Waals surface area contributed by atoms with Crippen LogP contribution in [0.4, 0.5) is 5.88 Å². The Hall–Kier alpha value is -3.14. The van der Waals surface area contributed by atoms with E-state index < -0.39 is 0 Å².